The van der Waals surface area contributed by atoms with Crippen LogP contribution in [0.5, 0.6) is 0 Å². The number of carbonyl (C=O) groups excluding carboxylic acids is 1. The second-order valence-corrected chi connectivity index (χ2v) is 4.54. The predicted molar refractivity (Wildman–Crippen MR) is 72.4 cm³/mol. The molecule has 1 atom stereocenters. The molecule has 0 saturated carbocycles. The molecule has 4 nitrogen and oxygen atoms in total. The first-order chi connectivity index (χ1) is 8.70. The zero-order valence-corrected chi connectivity index (χ0v) is 10.9. The molecule has 1 aromatic rings. The third kappa shape index (κ3) is 2.88. The number of nitrogens with zero attached hydrogens (tertiary/aromatic N) is 2. The van der Waals surface area contributed by atoms with Gasteiger partial charge in [0.15, 0.2) is 5.84 Å². The Morgan fingerprint density at radius 1 is 1.44 bits per heavy atom. The summed E-state index contributed by atoms with van der Waals surface area (Å²) < 4.78 is 0. The molecule has 0 aromatic heterocycles. The minimum atomic E-state index is -0.00861. The van der Waals surface area contributed by atoms with Crippen LogP contribution in [-0.4, -0.2) is 35.8 Å². The second kappa shape index (κ2) is 5.67. The predicted octanol–water partition coefficient (Wildman–Crippen LogP) is 1.43. The van der Waals surface area contributed by atoms with Gasteiger partial charge in [0.2, 0.25) is 0 Å². The minimum absolute atomic E-state index is 0.00861. The van der Waals surface area contributed by atoms with Crippen molar-refractivity contribution in [3.8, 4) is 0 Å². The number of rotatable bonds is 4. The van der Waals surface area contributed by atoms with Gasteiger partial charge < -0.3 is 10.2 Å². The molecule has 0 bridgehead atoms. The lowest BCUT2D eigenvalue weighted by Crippen LogP contribution is -2.42. The first-order valence-electron chi connectivity index (χ1n) is 6.35. The van der Waals surface area contributed by atoms with E-state index in [2.05, 4.69) is 10.3 Å². The molecule has 1 heterocycles. The molecule has 1 N–H and O–H groups in total. The Morgan fingerprint density at radius 3 is 2.72 bits per heavy atom. The Bertz CT molecular complexity index is 442. The molecule has 18 heavy (non-hydrogen) atoms. The van der Waals surface area contributed by atoms with Crippen molar-refractivity contribution >= 4 is 11.7 Å². The molecule has 0 radical (unpaired) electrons. The Balaban J connectivity index is 2.03. The molecule has 0 saturated heterocycles. The molecular weight excluding hydrogens is 226 g/mol. The van der Waals surface area contributed by atoms with Crippen LogP contribution in [0.15, 0.2) is 35.3 Å². The van der Waals surface area contributed by atoms with Gasteiger partial charge in [-0.1, -0.05) is 30.3 Å². The van der Waals surface area contributed by atoms with Crippen molar-refractivity contribution in [1.82, 2.24) is 10.2 Å². The van der Waals surface area contributed by atoms with Crippen LogP contribution in [0.3, 0.4) is 0 Å². The summed E-state index contributed by atoms with van der Waals surface area (Å²) in [6, 6.07) is 10.3. The van der Waals surface area contributed by atoms with Crippen LogP contribution in [0, 0.1) is 0 Å². The normalized spacial score (nSPS) is 18.1. The van der Waals surface area contributed by atoms with Gasteiger partial charge in [0.1, 0.15) is 0 Å². The third-order valence-corrected chi connectivity index (χ3v) is 2.99. The van der Waals surface area contributed by atoms with Crippen molar-refractivity contribution < 1.29 is 4.79 Å². The average molecular weight is 245 g/mol. The second-order valence-electron chi connectivity index (χ2n) is 4.54. The van der Waals surface area contributed by atoms with Crippen LogP contribution in [0.4, 0.5) is 0 Å². The number of hydrogen-bond donors (Lipinski definition) is 1. The van der Waals surface area contributed by atoms with Gasteiger partial charge in [-0.3, -0.25) is 9.79 Å². The van der Waals surface area contributed by atoms with E-state index in [9.17, 15) is 4.79 Å². The maximum absolute atomic E-state index is 12.3. The van der Waals surface area contributed by atoms with Crippen LogP contribution in [0.2, 0.25) is 0 Å². The fourth-order valence-electron chi connectivity index (χ4n) is 1.96. The maximum atomic E-state index is 12.3. The molecule has 4 heteroatoms. The lowest BCUT2D eigenvalue weighted by molar-refractivity contribution is -0.124. The van der Waals surface area contributed by atoms with Gasteiger partial charge in [-0.15, -0.1) is 0 Å². The summed E-state index contributed by atoms with van der Waals surface area (Å²) in [5, 5.41) is 3.11. The van der Waals surface area contributed by atoms with Gasteiger partial charge in [0.05, 0.1) is 6.54 Å². The Labute approximate surface area is 108 Å². The molecule has 1 aliphatic rings. The molecule has 0 aliphatic carbocycles. The van der Waals surface area contributed by atoms with Gasteiger partial charge in [0.25, 0.3) is 5.91 Å². The topological polar surface area (TPSA) is 44.7 Å². The number of amidine groups is 1. The third-order valence-electron chi connectivity index (χ3n) is 2.99. The van der Waals surface area contributed by atoms with Gasteiger partial charge in [-0.25, -0.2) is 0 Å². The highest BCUT2D eigenvalue weighted by molar-refractivity contribution is 6.38. The summed E-state index contributed by atoms with van der Waals surface area (Å²) in [5.41, 5.74) is 1.14. The van der Waals surface area contributed by atoms with Crippen LogP contribution in [-0.2, 0) is 11.3 Å². The summed E-state index contributed by atoms with van der Waals surface area (Å²) in [6.07, 6.45) is 0. The fourth-order valence-corrected chi connectivity index (χ4v) is 1.96. The van der Waals surface area contributed by atoms with Crippen molar-refractivity contribution in [3.05, 3.63) is 35.9 Å². The van der Waals surface area contributed by atoms with Crippen molar-refractivity contribution in [1.29, 1.82) is 0 Å². The molecule has 1 aliphatic heterocycles. The molecule has 1 unspecified atom stereocenters. The molecule has 96 valence electrons. The average Bonchev–Trinajstić information content (AvgIpc) is 2.83. The summed E-state index contributed by atoms with van der Waals surface area (Å²) in [4.78, 5) is 18.3. The SMILES string of the molecule is CCN(Cc1ccccc1)C(=O)C1=NCC(C)N1. The van der Waals surface area contributed by atoms with Gasteiger partial charge in [0, 0.05) is 19.1 Å². The van der Waals surface area contributed by atoms with Gasteiger partial charge >= 0.3 is 0 Å². The maximum Gasteiger partial charge on any atom is 0.289 e. The van der Waals surface area contributed by atoms with E-state index < -0.39 is 0 Å². The Kier molecular flexibility index (Phi) is 3.97. The lowest BCUT2D eigenvalue weighted by Gasteiger charge is -2.21. The smallest absolute Gasteiger partial charge is 0.289 e. The van der Waals surface area contributed by atoms with E-state index in [4.69, 9.17) is 0 Å². The van der Waals surface area contributed by atoms with E-state index in [-0.39, 0.29) is 11.9 Å². The van der Waals surface area contributed by atoms with Crippen molar-refractivity contribution in [2.24, 2.45) is 4.99 Å². The number of carbonyl (C=O) groups is 1. The number of amides is 1. The van der Waals surface area contributed by atoms with E-state index in [0.29, 0.717) is 25.5 Å². The van der Waals surface area contributed by atoms with Crippen molar-refractivity contribution in [3.63, 3.8) is 0 Å². The van der Waals surface area contributed by atoms with E-state index in [0.717, 1.165) is 5.56 Å². The molecule has 0 spiro atoms. The number of likely N-dealkylation sites (N-methyl/N-ethyl adjacent to an activating group) is 1. The van der Waals surface area contributed by atoms with E-state index in [1.54, 1.807) is 4.90 Å². The molecule has 2 rings (SSSR count). The summed E-state index contributed by atoms with van der Waals surface area (Å²) in [7, 11) is 0. The highest BCUT2D eigenvalue weighted by Gasteiger charge is 2.23. The number of hydrogen-bond acceptors (Lipinski definition) is 3. The lowest BCUT2D eigenvalue weighted by atomic mass is 10.2. The van der Waals surface area contributed by atoms with Crippen molar-refractivity contribution in [2.45, 2.75) is 26.4 Å². The summed E-state index contributed by atoms with van der Waals surface area (Å²) >= 11 is 0. The molecule has 1 amide bonds. The van der Waals surface area contributed by atoms with Gasteiger partial charge in [-0.2, -0.15) is 0 Å². The van der Waals surface area contributed by atoms with Crippen LogP contribution >= 0.6 is 0 Å². The zero-order chi connectivity index (χ0) is 13.0. The molecule has 0 fully saturated rings. The summed E-state index contributed by atoms with van der Waals surface area (Å²) in [6.45, 7) is 6.01. The van der Waals surface area contributed by atoms with Crippen LogP contribution < -0.4 is 5.32 Å². The van der Waals surface area contributed by atoms with E-state index in [1.807, 2.05) is 44.2 Å². The largest absolute Gasteiger partial charge is 0.361 e. The quantitative estimate of drug-likeness (QED) is 0.872. The highest BCUT2D eigenvalue weighted by atomic mass is 16.2. The number of aliphatic imine (C=N–C) groups is 1. The minimum Gasteiger partial charge on any atom is -0.361 e. The first-order valence-corrected chi connectivity index (χ1v) is 6.35. The van der Waals surface area contributed by atoms with Crippen LogP contribution in [0.25, 0.3) is 0 Å². The zero-order valence-electron chi connectivity index (χ0n) is 10.9. The van der Waals surface area contributed by atoms with Crippen LogP contribution in [0.1, 0.15) is 19.4 Å². The fraction of sp³-hybridized carbons (Fsp3) is 0.429. The van der Waals surface area contributed by atoms with E-state index >= 15 is 0 Å². The molecular formula is C14H19N3O. The first kappa shape index (κ1) is 12.6. The highest BCUT2D eigenvalue weighted by Crippen LogP contribution is 2.06. The molecule has 1 aromatic carbocycles. The standard InChI is InChI=1S/C14H19N3O/c1-3-17(10-12-7-5-4-6-8-12)14(18)13-15-9-11(2)16-13/h4-8,11H,3,9-10H2,1-2H3,(H,15,16). The van der Waals surface area contributed by atoms with Crippen molar-refractivity contribution in [2.75, 3.05) is 13.1 Å². The number of benzene rings is 1. The Hall–Kier alpha value is -1.84. The monoisotopic (exact) mass is 245 g/mol. The summed E-state index contributed by atoms with van der Waals surface area (Å²) in [5.74, 6) is 0.492. The van der Waals surface area contributed by atoms with Gasteiger partial charge in [-0.05, 0) is 19.4 Å². The number of nitrogens with one attached hydrogen (secondary N) is 1. The Morgan fingerprint density at radius 2 is 2.17 bits per heavy atom. The van der Waals surface area contributed by atoms with E-state index in [1.165, 1.54) is 0 Å².